The maximum absolute atomic E-state index is 12.0. The van der Waals surface area contributed by atoms with Crippen LogP contribution in [0.3, 0.4) is 0 Å². The smallest absolute Gasteiger partial charge is 0.321 e. The van der Waals surface area contributed by atoms with Gasteiger partial charge in [-0.15, -0.1) is 0 Å². The molecule has 0 bridgehead atoms. The van der Waals surface area contributed by atoms with E-state index in [-0.39, 0.29) is 20.7 Å². The van der Waals surface area contributed by atoms with E-state index in [1.54, 1.807) is 0 Å². The van der Waals surface area contributed by atoms with E-state index in [9.17, 15) is 13.2 Å². The second-order valence-corrected chi connectivity index (χ2v) is 6.01. The summed E-state index contributed by atoms with van der Waals surface area (Å²) >= 11 is 11.7. The number of carboxylic acid groups (broad SMARTS) is 1. The number of hydrogen-bond acceptors (Lipinski definition) is 4. The van der Waals surface area contributed by atoms with Crippen molar-refractivity contribution in [2.45, 2.75) is 17.9 Å². The van der Waals surface area contributed by atoms with Gasteiger partial charge >= 0.3 is 5.97 Å². The molecule has 0 radical (unpaired) electrons. The molecule has 9 heteroatoms. The first-order valence-corrected chi connectivity index (χ1v) is 7.21. The van der Waals surface area contributed by atoms with Gasteiger partial charge in [-0.2, -0.15) is 4.72 Å². The Bertz CT molecular complexity index is 602. The van der Waals surface area contributed by atoms with Gasteiger partial charge in [0.2, 0.25) is 10.0 Å². The number of aliphatic carboxylic acids is 1. The highest BCUT2D eigenvalue weighted by molar-refractivity contribution is 7.89. The third-order valence-electron chi connectivity index (χ3n) is 2.22. The molecule has 0 heterocycles. The van der Waals surface area contributed by atoms with Gasteiger partial charge in [-0.3, -0.25) is 4.79 Å². The zero-order valence-corrected chi connectivity index (χ0v) is 12.3. The minimum atomic E-state index is -4.09. The predicted octanol–water partition coefficient (Wildman–Crippen LogP) is 1.75. The number of methoxy groups -OCH3 is 1. The number of carbonyl (C=O) groups is 1. The number of sulfonamides is 1. The molecule has 19 heavy (non-hydrogen) atoms. The van der Waals surface area contributed by atoms with E-state index in [4.69, 9.17) is 33.0 Å². The van der Waals surface area contributed by atoms with Crippen LogP contribution in [0.2, 0.25) is 10.0 Å². The topological polar surface area (TPSA) is 92.7 Å². The normalized spacial score (nSPS) is 13.1. The molecule has 0 saturated heterocycles. The monoisotopic (exact) mass is 327 g/mol. The average Bonchev–Trinajstić information content (AvgIpc) is 2.31. The Morgan fingerprint density at radius 2 is 1.95 bits per heavy atom. The Kier molecular flexibility index (Phi) is 5.03. The van der Waals surface area contributed by atoms with Crippen molar-refractivity contribution in [1.82, 2.24) is 4.72 Å². The van der Waals surface area contributed by atoms with E-state index in [1.165, 1.54) is 26.2 Å². The predicted molar refractivity (Wildman–Crippen MR) is 70.4 cm³/mol. The summed E-state index contributed by atoms with van der Waals surface area (Å²) in [6.07, 6.45) is 0. The summed E-state index contributed by atoms with van der Waals surface area (Å²) in [5.41, 5.74) is 0. The highest BCUT2D eigenvalue weighted by Gasteiger charge is 2.25. The van der Waals surface area contributed by atoms with Crippen LogP contribution in [-0.4, -0.2) is 32.6 Å². The molecule has 0 aliphatic rings. The summed E-state index contributed by atoms with van der Waals surface area (Å²) in [6, 6.07) is 1.22. The van der Waals surface area contributed by atoms with Gasteiger partial charge in [0.05, 0.1) is 12.1 Å². The Labute approximate surface area is 120 Å². The molecule has 0 saturated carbocycles. The maximum atomic E-state index is 12.0. The Balaban J connectivity index is 3.23. The number of benzene rings is 1. The number of nitrogens with one attached hydrogen (secondary N) is 1. The molecule has 1 aromatic carbocycles. The second kappa shape index (κ2) is 5.96. The van der Waals surface area contributed by atoms with Gasteiger partial charge in [0.25, 0.3) is 0 Å². The van der Waals surface area contributed by atoms with E-state index >= 15 is 0 Å². The van der Waals surface area contributed by atoms with Crippen molar-refractivity contribution >= 4 is 39.2 Å². The number of rotatable bonds is 5. The van der Waals surface area contributed by atoms with Crippen LogP contribution in [-0.2, 0) is 14.8 Å². The van der Waals surface area contributed by atoms with Gasteiger partial charge < -0.3 is 9.84 Å². The van der Waals surface area contributed by atoms with Crippen LogP contribution in [0.5, 0.6) is 5.75 Å². The van der Waals surface area contributed by atoms with Crippen LogP contribution in [0.15, 0.2) is 17.0 Å². The molecule has 0 aliphatic carbocycles. The summed E-state index contributed by atoms with van der Waals surface area (Å²) in [7, 11) is -2.73. The summed E-state index contributed by atoms with van der Waals surface area (Å²) in [6.45, 7) is 1.19. The first kappa shape index (κ1) is 16.0. The molecule has 1 unspecified atom stereocenters. The van der Waals surface area contributed by atoms with E-state index < -0.39 is 22.0 Å². The highest BCUT2D eigenvalue weighted by atomic mass is 35.5. The molecule has 1 rings (SSSR count). The molecule has 0 aromatic heterocycles. The molecule has 1 atom stereocenters. The summed E-state index contributed by atoms with van der Waals surface area (Å²) in [5, 5.41) is 8.40. The van der Waals surface area contributed by atoms with E-state index in [0.29, 0.717) is 0 Å². The molecule has 1 aromatic rings. The van der Waals surface area contributed by atoms with E-state index in [2.05, 4.69) is 0 Å². The van der Waals surface area contributed by atoms with Crippen molar-refractivity contribution in [3.63, 3.8) is 0 Å². The fraction of sp³-hybridized carbons (Fsp3) is 0.300. The van der Waals surface area contributed by atoms with Crippen LogP contribution in [0, 0.1) is 0 Å². The Morgan fingerprint density at radius 3 is 2.42 bits per heavy atom. The molecule has 2 N–H and O–H groups in total. The van der Waals surface area contributed by atoms with Crippen LogP contribution < -0.4 is 9.46 Å². The lowest BCUT2D eigenvalue weighted by Gasteiger charge is -2.13. The average molecular weight is 328 g/mol. The first-order chi connectivity index (χ1) is 8.70. The molecule has 0 fully saturated rings. The first-order valence-electron chi connectivity index (χ1n) is 4.98. The number of hydrogen-bond donors (Lipinski definition) is 2. The lowest BCUT2D eigenvalue weighted by Crippen LogP contribution is -2.38. The zero-order valence-electron chi connectivity index (χ0n) is 9.98. The van der Waals surface area contributed by atoms with Gasteiger partial charge in [-0.25, -0.2) is 8.42 Å². The third-order valence-corrected chi connectivity index (χ3v) is 4.78. The lowest BCUT2D eigenvalue weighted by atomic mass is 10.3. The van der Waals surface area contributed by atoms with Crippen molar-refractivity contribution in [1.29, 1.82) is 0 Å². The fourth-order valence-electron chi connectivity index (χ4n) is 1.23. The van der Waals surface area contributed by atoms with Crippen molar-refractivity contribution in [3.05, 3.63) is 22.2 Å². The van der Waals surface area contributed by atoms with Gasteiger partial charge in [-0.1, -0.05) is 23.2 Å². The van der Waals surface area contributed by atoms with Crippen LogP contribution in [0.25, 0.3) is 0 Å². The second-order valence-electron chi connectivity index (χ2n) is 3.58. The number of ether oxygens (including phenoxy) is 1. The van der Waals surface area contributed by atoms with Crippen molar-refractivity contribution in [3.8, 4) is 5.75 Å². The van der Waals surface area contributed by atoms with Crippen LogP contribution in [0.4, 0.5) is 0 Å². The number of carboxylic acids is 1. The maximum Gasteiger partial charge on any atom is 0.321 e. The van der Waals surface area contributed by atoms with Gasteiger partial charge in [0, 0.05) is 0 Å². The third kappa shape index (κ3) is 3.50. The Hall–Kier alpha value is -1.02. The van der Waals surface area contributed by atoms with Gasteiger partial charge in [-0.05, 0) is 19.1 Å². The molecule has 0 aliphatic heterocycles. The quantitative estimate of drug-likeness (QED) is 0.859. The Morgan fingerprint density at radius 1 is 1.37 bits per heavy atom. The molecule has 0 spiro atoms. The molecular formula is C10H11Cl2NO5S. The minimum absolute atomic E-state index is 0.0602. The summed E-state index contributed by atoms with van der Waals surface area (Å²) < 4.78 is 30.8. The van der Waals surface area contributed by atoms with Gasteiger partial charge in [0.15, 0.2) is 0 Å². The molecule has 106 valence electrons. The van der Waals surface area contributed by atoms with E-state index in [1.807, 2.05) is 4.72 Å². The fourth-order valence-corrected chi connectivity index (χ4v) is 3.26. The highest BCUT2D eigenvalue weighted by Crippen LogP contribution is 2.36. The van der Waals surface area contributed by atoms with E-state index in [0.717, 1.165) is 0 Å². The SMILES string of the molecule is COc1ccc(S(=O)(=O)NC(C)C(=O)O)c(Cl)c1Cl. The van der Waals surface area contributed by atoms with Crippen molar-refractivity contribution < 1.29 is 23.1 Å². The standard InChI is InChI=1S/C10H11Cl2NO5S/c1-5(10(14)15)13-19(16,17)7-4-3-6(18-2)8(11)9(7)12/h3-5,13H,1-2H3,(H,14,15). The van der Waals surface area contributed by atoms with Crippen molar-refractivity contribution in [2.24, 2.45) is 0 Å². The van der Waals surface area contributed by atoms with Gasteiger partial charge in [0.1, 0.15) is 21.7 Å². The van der Waals surface area contributed by atoms with Crippen molar-refractivity contribution in [2.75, 3.05) is 7.11 Å². The summed E-state index contributed by atoms with van der Waals surface area (Å²) in [4.78, 5) is 10.3. The molecular weight excluding hydrogens is 317 g/mol. The zero-order chi connectivity index (χ0) is 14.8. The van der Waals surface area contributed by atoms with Crippen LogP contribution >= 0.6 is 23.2 Å². The minimum Gasteiger partial charge on any atom is -0.495 e. The number of halogens is 2. The largest absolute Gasteiger partial charge is 0.495 e. The summed E-state index contributed by atoms with van der Waals surface area (Å²) in [5.74, 6) is -1.09. The van der Waals surface area contributed by atoms with Crippen LogP contribution in [0.1, 0.15) is 6.92 Å². The molecule has 6 nitrogen and oxygen atoms in total. The lowest BCUT2D eigenvalue weighted by molar-refractivity contribution is -0.138. The molecule has 0 amide bonds.